The summed E-state index contributed by atoms with van der Waals surface area (Å²) in [6, 6.07) is 9.21. The number of aliphatic hydroxyl groups is 1. The molecule has 3 heterocycles. The average Bonchev–Trinajstić information content (AvgIpc) is 3.29. The maximum Gasteiger partial charge on any atom is 0.261 e. The molecule has 2 atom stereocenters. The minimum Gasteiger partial charge on any atom is -0.391 e. The van der Waals surface area contributed by atoms with Crippen molar-refractivity contribution in [1.82, 2.24) is 24.6 Å². The smallest absolute Gasteiger partial charge is 0.261 e. The van der Waals surface area contributed by atoms with Crippen molar-refractivity contribution in [2.75, 3.05) is 13.1 Å². The fraction of sp³-hybridized carbons (Fsp3) is 0.429. The number of likely N-dealkylation sites (tertiary alicyclic amines) is 1. The lowest BCUT2D eigenvalue weighted by Crippen LogP contribution is -2.30. The lowest BCUT2D eigenvalue weighted by atomic mass is 10.0. The van der Waals surface area contributed by atoms with Crippen LogP contribution in [0.3, 0.4) is 0 Å². The lowest BCUT2D eigenvalue weighted by molar-refractivity contribution is -0.130. The fourth-order valence-electron chi connectivity index (χ4n) is 3.93. The van der Waals surface area contributed by atoms with E-state index in [1.807, 2.05) is 31.2 Å². The molecule has 8 nitrogen and oxygen atoms in total. The van der Waals surface area contributed by atoms with E-state index in [9.17, 15) is 14.7 Å². The van der Waals surface area contributed by atoms with Crippen LogP contribution in [0.1, 0.15) is 24.2 Å². The Hall–Kier alpha value is -3.00. The van der Waals surface area contributed by atoms with Gasteiger partial charge in [0.05, 0.1) is 29.0 Å². The zero-order valence-corrected chi connectivity index (χ0v) is 16.4. The average molecular weight is 395 g/mol. The third kappa shape index (κ3) is 4.22. The number of para-hydroxylation sites is 1. The van der Waals surface area contributed by atoms with Gasteiger partial charge in [-0.15, -0.1) is 0 Å². The molecule has 152 valence electrons. The van der Waals surface area contributed by atoms with E-state index in [-0.39, 0.29) is 17.4 Å². The van der Waals surface area contributed by atoms with Crippen LogP contribution in [0, 0.1) is 12.8 Å². The molecule has 29 heavy (non-hydrogen) atoms. The van der Waals surface area contributed by atoms with E-state index in [1.54, 1.807) is 15.5 Å². The van der Waals surface area contributed by atoms with Crippen molar-refractivity contribution in [3.8, 4) is 0 Å². The summed E-state index contributed by atoms with van der Waals surface area (Å²) >= 11 is 0. The number of aliphatic hydroxyl groups excluding tert-OH is 1. The van der Waals surface area contributed by atoms with Gasteiger partial charge in [-0.1, -0.05) is 12.1 Å². The maximum atomic E-state index is 12.6. The minimum atomic E-state index is -0.539. The maximum absolute atomic E-state index is 12.6. The highest BCUT2D eigenvalue weighted by Crippen LogP contribution is 2.22. The summed E-state index contributed by atoms with van der Waals surface area (Å²) in [7, 11) is 0. The van der Waals surface area contributed by atoms with E-state index in [0.717, 1.165) is 11.4 Å². The second-order valence-corrected chi connectivity index (χ2v) is 7.74. The topological polar surface area (TPSA) is 104 Å². The number of benzene rings is 1. The van der Waals surface area contributed by atoms with Crippen molar-refractivity contribution >= 4 is 16.8 Å². The summed E-state index contributed by atoms with van der Waals surface area (Å²) in [5, 5.41) is 18.0. The number of nitrogens with zero attached hydrogens (tertiary/aromatic N) is 4. The summed E-state index contributed by atoms with van der Waals surface area (Å²) < 4.78 is 1.55. The molecule has 0 bridgehead atoms. The van der Waals surface area contributed by atoms with Gasteiger partial charge in [0.2, 0.25) is 5.91 Å². The van der Waals surface area contributed by atoms with Crippen LogP contribution in [-0.4, -0.2) is 54.9 Å². The predicted octanol–water partition coefficient (Wildman–Crippen LogP) is 1.27. The molecular weight excluding hydrogens is 370 g/mol. The van der Waals surface area contributed by atoms with Crippen molar-refractivity contribution in [1.29, 1.82) is 0 Å². The van der Waals surface area contributed by atoms with Gasteiger partial charge >= 0.3 is 0 Å². The number of aromatic nitrogens is 4. The molecule has 1 fully saturated rings. The highest BCUT2D eigenvalue weighted by Gasteiger charge is 2.34. The molecule has 0 aliphatic carbocycles. The SMILES string of the molecule is Cc1cc(C[C@@H]2CN(C(=O)CCCn3cnc4ccccc4c3=O)C[C@H]2O)n[nH]1. The molecule has 3 aromatic rings. The Balaban J connectivity index is 1.31. The van der Waals surface area contributed by atoms with Crippen LogP contribution in [0.2, 0.25) is 0 Å². The number of nitrogens with one attached hydrogen (secondary N) is 1. The Kier molecular flexibility index (Phi) is 5.44. The zero-order valence-electron chi connectivity index (χ0n) is 16.4. The van der Waals surface area contributed by atoms with Gasteiger partial charge in [-0.25, -0.2) is 4.98 Å². The van der Waals surface area contributed by atoms with Crippen molar-refractivity contribution in [2.24, 2.45) is 5.92 Å². The van der Waals surface area contributed by atoms with Crippen LogP contribution in [0.25, 0.3) is 10.9 Å². The van der Waals surface area contributed by atoms with Crippen molar-refractivity contribution in [3.63, 3.8) is 0 Å². The Morgan fingerprint density at radius 3 is 2.93 bits per heavy atom. The van der Waals surface area contributed by atoms with Gasteiger partial charge in [-0.05, 0) is 38.0 Å². The van der Waals surface area contributed by atoms with Gasteiger partial charge in [-0.2, -0.15) is 5.10 Å². The monoisotopic (exact) mass is 395 g/mol. The number of H-pyrrole nitrogens is 1. The molecule has 1 amide bonds. The standard InChI is InChI=1S/C21H25N5O3/c1-14-9-16(24-23-14)10-15-11-26(12-19(15)27)20(28)7-4-8-25-13-22-18-6-3-2-5-17(18)21(25)29/h2-3,5-6,9,13,15,19,27H,4,7-8,10-12H2,1H3,(H,23,24)/t15-,19-/m1/s1. The summed E-state index contributed by atoms with van der Waals surface area (Å²) in [6.07, 6.45) is 2.53. The normalized spacial score (nSPS) is 19.2. The van der Waals surface area contributed by atoms with Crippen LogP contribution in [0.5, 0.6) is 0 Å². The molecule has 1 aromatic carbocycles. The van der Waals surface area contributed by atoms with Crippen LogP contribution < -0.4 is 5.56 Å². The third-order valence-electron chi connectivity index (χ3n) is 5.51. The molecule has 2 aromatic heterocycles. The Morgan fingerprint density at radius 1 is 1.31 bits per heavy atom. The van der Waals surface area contributed by atoms with E-state index in [1.165, 1.54) is 6.33 Å². The van der Waals surface area contributed by atoms with Gasteiger partial charge in [0, 0.05) is 37.7 Å². The summed E-state index contributed by atoms with van der Waals surface area (Å²) in [4.78, 5) is 31.1. The molecule has 2 N–H and O–H groups in total. The molecule has 0 saturated carbocycles. The molecule has 0 unspecified atom stereocenters. The molecule has 1 saturated heterocycles. The van der Waals surface area contributed by atoms with E-state index >= 15 is 0 Å². The number of carbonyl (C=O) groups is 1. The van der Waals surface area contributed by atoms with Crippen LogP contribution in [0.4, 0.5) is 0 Å². The number of amides is 1. The first-order chi connectivity index (χ1) is 14.0. The number of rotatable bonds is 6. The van der Waals surface area contributed by atoms with Crippen molar-refractivity contribution in [2.45, 2.75) is 38.8 Å². The third-order valence-corrected chi connectivity index (χ3v) is 5.51. The van der Waals surface area contributed by atoms with E-state index < -0.39 is 6.10 Å². The fourth-order valence-corrected chi connectivity index (χ4v) is 3.93. The summed E-state index contributed by atoms with van der Waals surface area (Å²) in [6.45, 7) is 3.26. The Labute approximate surface area is 168 Å². The number of carbonyl (C=O) groups excluding carboxylic acids is 1. The molecule has 0 radical (unpaired) electrons. The predicted molar refractivity (Wildman–Crippen MR) is 108 cm³/mol. The number of aryl methyl sites for hydroxylation is 2. The van der Waals surface area contributed by atoms with E-state index in [4.69, 9.17) is 0 Å². The largest absolute Gasteiger partial charge is 0.391 e. The number of fused-ring (bicyclic) bond motifs is 1. The minimum absolute atomic E-state index is 0.00560. The van der Waals surface area contributed by atoms with Gasteiger partial charge < -0.3 is 10.0 Å². The lowest BCUT2D eigenvalue weighted by Gasteiger charge is -2.16. The first-order valence-corrected chi connectivity index (χ1v) is 9.92. The summed E-state index contributed by atoms with van der Waals surface area (Å²) in [5.74, 6) is 0.000475. The van der Waals surface area contributed by atoms with Crippen molar-refractivity contribution in [3.05, 3.63) is 58.4 Å². The molecule has 8 heteroatoms. The van der Waals surface area contributed by atoms with Crippen LogP contribution in [-0.2, 0) is 17.8 Å². The van der Waals surface area contributed by atoms with Crippen LogP contribution in [0.15, 0.2) is 41.5 Å². The van der Waals surface area contributed by atoms with Gasteiger partial charge in [0.15, 0.2) is 0 Å². The van der Waals surface area contributed by atoms with Gasteiger partial charge in [0.1, 0.15) is 0 Å². The molecule has 4 rings (SSSR count). The Bertz CT molecular complexity index is 1070. The van der Waals surface area contributed by atoms with E-state index in [0.29, 0.717) is 49.8 Å². The van der Waals surface area contributed by atoms with Crippen LogP contribution >= 0.6 is 0 Å². The first-order valence-electron chi connectivity index (χ1n) is 9.92. The second kappa shape index (κ2) is 8.16. The van der Waals surface area contributed by atoms with Crippen molar-refractivity contribution < 1.29 is 9.90 Å². The van der Waals surface area contributed by atoms with Gasteiger partial charge in [-0.3, -0.25) is 19.3 Å². The second-order valence-electron chi connectivity index (χ2n) is 7.74. The highest BCUT2D eigenvalue weighted by molar-refractivity contribution is 5.77. The molecule has 1 aliphatic rings. The molecular formula is C21H25N5O3. The number of hydrogen-bond acceptors (Lipinski definition) is 5. The molecule has 1 aliphatic heterocycles. The first kappa shape index (κ1) is 19.3. The van der Waals surface area contributed by atoms with E-state index in [2.05, 4.69) is 15.2 Å². The number of aromatic amines is 1. The quantitative estimate of drug-likeness (QED) is 0.654. The number of hydrogen-bond donors (Lipinski definition) is 2. The Morgan fingerprint density at radius 2 is 2.14 bits per heavy atom. The van der Waals surface area contributed by atoms with Gasteiger partial charge in [0.25, 0.3) is 5.56 Å². The number of β-amino-alcohol motifs (C(OH)–C–C–N with tert-alkyl or cyclic N) is 1. The summed E-state index contributed by atoms with van der Waals surface area (Å²) in [5.41, 5.74) is 2.48. The molecule has 0 spiro atoms. The zero-order chi connectivity index (χ0) is 20.4. The highest BCUT2D eigenvalue weighted by atomic mass is 16.3.